The molecule has 0 aliphatic carbocycles. The van der Waals surface area contributed by atoms with Gasteiger partial charge in [-0.15, -0.1) is 0 Å². The molecule has 21 heavy (non-hydrogen) atoms. The molecule has 2 aliphatic heterocycles. The Kier molecular flexibility index (Phi) is 4.22. The van der Waals surface area contributed by atoms with Crippen molar-refractivity contribution in [3.8, 4) is 5.75 Å². The van der Waals surface area contributed by atoms with Gasteiger partial charge in [0.2, 0.25) is 0 Å². The van der Waals surface area contributed by atoms with E-state index in [4.69, 9.17) is 4.74 Å². The van der Waals surface area contributed by atoms with Crippen LogP contribution in [-0.4, -0.2) is 37.2 Å². The van der Waals surface area contributed by atoms with Crippen LogP contribution in [0.25, 0.3) is 0 Å². The SMILES string of the molecule is O=S1(=O)CCCCC1C(O)CC1CCOc2ccccc21. The molecule has 4 nitrogen and oxygen atoms in total. The van der Waals surface area contributed by atoms with Gasteiger partial charge in [-0.1, -0.05) is 24.6 Å². The fourth-order valence-electron chi connectivity index (χ4n) is 3.52. The molecule has 1 saturated heterocycles. The fourth-order valence-corrected chi connectivity index (χ4v) is 5.54. The number of sulfone groups is 1. The molecule has 1 fully saturated rings. The Morgan fingerprint density at radius 1 is 1.24 bits per heavy atom. The Labute approximate surface area is 126 Å². The van der Waals surface area contributed by atoms with Crippen molar-refractivity contribution in [1.29, 1.82) is 0 Å². The summed E-state index contributed by atoms with van der Waals surface area (Å²) in [5.41, 5.74) is 1.09. The van der Waals surface area contributed by atoms with E-state index in [0.717, 1.165) is 30.6 Å². The van der Waals surface area contributed by atoms with Crippen LogP contribution in [0.1, 0.15) is 43.6 Å². The smallest absolute Gasteiger partial charge is 0.155 e. The van der Waals surface area contributed by atoms with Crippen molar-refractivity contribution >= 4 is 9.84 Å². The first kappa shape index (κ1) is 14.9. The molecule has 3 rings (SSSR count). The monoisotopic (exact) mass is 310 g/mol. The molecular weight excluding hydrogens is 288 g/mol. The van der Waals surface area contributed by atoms with Gasteiger partial charge < -0.3 is 9.84 Å². The van der Waals surface area contributed by atoms with E-state index in [0.29, 0.717) is 19.4 Å². The van der Waals surface area contributed by atoms with Crippen molar-refractivity contribution < 1.29 is 18.3 Å². The minimum absolute atomic E-state index is 0.182. The maximum absolute atomic E-state index is 12.1. The van der Waals surface area contributed by atoms with Gasteiger partial charge in [0.1, 0.15) is 5.75 Å². The second-order valence-corrected chi connectivity index (χ2v) is 8.42. The summed E-state index contributed by atoms with van der Waals surface area (Å²) < 4.78 is 29.9. The number of hydrogen-bond acceptors (Lipinski definition) is 4. The van der Waals surface area contributed by atoms with Crippen LogP contribution in [0.2, 0.25) is 0 Å². The van der Waals surface area contributed by atoms with Crippen LogP contribution >= 0.6 is 0 Å². The quantitative estimate of drug-likeness (QED) is 0.930. The van der Waals surface area contributed by atoms with Crippen molar-refractivity contribution in [2.45, 2.75) is 49.4 Å². The molecule has 0 spiro atoms. The molecule has 3 unspecified atom stereocenters. The van der Waals surface area contributed by atoms with Crippen LogP contribution in [0.3, 0.4) is 0 Å². The third-order valence-corrected chi connectivity index (χ3v) is 7.00. The zero-order valence-corrected chi connectivity index (χ0v) is 12.9. The number of para-hydroxylation sites is 1. The highest BCUT2D eigenvalue weighted by molar-refractivity contribution is 7.92. The lowest BCUT2D eigenvalue weighted by Gasteiger charge is -2.31. The second kappa shape index (κ2) is 5.97. The molecular formula is C16H22O4S. The molecule has 1 aromatic carbocycles. The zero-order chi connectivity index (χ0) is 14.9. The van der Waals surface area contributed by atoms with Crippen LogP contribution in [0.4, 0.5) is 0 Å². The molecule has 3 atom stereocenters. The lowest BCUT2D eigenvalue weighted by molar-refractivity contribution is 0.133. The van der Waals surface area contributed by atoms with Crippen molar-refractivity contribution in [2.24, 2.45) is 0 Å². The summed E-state index contributed by atoms with van der Waals surface area (Å²) in [6, 6.07) is 7.85. The molecule has 0 saturated carbocycles. The summed E-state index contributed by atoms with van der Waals surface area (Å²) in [7, 11) is -3.13. The molecule has 0 radical (unpaired) electrons. The van der Waals surface area contributed by atoms with Gasteiger partial charge >= 0.3 is 0 Å². The van der Waals surface area contributed by atoms with Crippen molar-refractivity contribution in [1.82, 2.24) is 0 Å². The molecule has 0 amide bonds. The third kappa shape index (κ3) is 3.09. The maximum atomic E-state index is 12.1. The van der Waals surface area contributed by atoms with Gasteiger partial charge in [0.05, 0.1) is 23.7 Å². The number of hydrogen-bond donors (Lipinski definition) is 1. The van der Waals surface area contributed by atoms with Gasteiger partial charge in [-0.3, -0.25) is 0 Å². The van der Waals surface area contributed by atoms with E-state index in [2.05, 4.69) is 0 Å². The zero-order valence-electron chi connectivity index (χ0n) is 12.1. The van der Waals surface area contributed by atoms with Gasteiger partial charge in [0.15, 0.2) is 9.84 Å². The lowest BCUT2D eigenvalue weighted by Crippen LogP contribution is -2.39. The van der Waals surface area contributed by atoms with E-state index in [-0.39, 0.29) is 11.7 Å². The first-order valence-electron chi connectivity index (χ1n) is 7.69. The number of aliphatic hydroxyl groups excluding tert-OH is 1. The van der Waals surface area contributed by atoms with Crippen LogP contribution in [0.15, 0.2) is 24.3 Å². The lowest BCUT2D eigenvalue weighted by atomic mass is 9.87. The van der Waals surface area contributed by atoms with Gasteiger partial charge in [-0.2, -0.15) is 0 Å². The second-order valence-electron chi connectivity index (χ2n) is 6.08. The van der Waals surface area contributed by atoms with E-state index < -0.39 is 21.2 Å². The average molecular weight is 310 g/mol. The summed E-state index contributed by atoms with van der Waals surface area (Å²) in [5, 5.41) is 9.89. The highest BCUT2D eigenvalue weighted by atomic mass is 32.2. The first-order valence-corrected chi connectivity index (χ1v) is 9.41. The van der Waals surface area contributed by atoms with Crippen LogP contribution < -0.4 is 4.74 Å². The maximum Gasteiger partial charge on any atom is 0.155 e. The minimum atomic E-state index is -3.13. The van der Waals surface area contributed by atoms with Gasteiger partial charge in [0.25, 0.3) is 0 Å². The Hall–Kier alpha value is -1.07. The molecule has 2 heterocycles. The molecule has 5 heteroatoms. The predicted octanol–water partition coefficient (Wildman–Crippen LogP) is 2.27. The summed E-state index contributed by atoms with van der Waals surface area (Å²) in [6.07, 6.45) is 2.78. The van der Waals surface area contributed by atoms with Crippen molar-refractivity contribution in [3.05, 3.63) is 29.8 Å². The number of fused-ring (bicyclic) bond motifs is 1. The molecule has 116 valence electrons. The topological polar surface area (TPSA) is 63.6 Å². The Morgan fingerprint density at radius 3 is 2.86 bits per heavy atom. The summed E-state index contributed by atoms with van der Waals surface area (Å²) in [4.78, 5) is 0. The van der Waals surface area contributed by atoms with E-state index in [1.807, 2.05) is 24.3 Å². The van der Waals surface area contributed by atoms with Crippen LogP contribution in [0, 0.1) is 0 Å². The van der Waals surface area contributed by atoms with Gasteiger partial charge in [-0.05, 0) is 43.2 Å². The number of rotatable bonds is 3. The fraction of sp³-hybridized carbons (Fsp3) is 0.625. The van der Waals surface area contributed by atoms with Gasteiger partial charge in [-0.25, -0.2) is 8.42 Å². The highest BCUT2D eigenvalue weighted by Crippen LogP contribution is 2.37. The summed E-state index contributed by atoms with van der Waals surface area (Å²) in [6.45, 7) is 0.631. The minimum Gasteiger partial charge on any atom is -0.493 e. The van der Waals surface area contributed by atoms with Crippen LogP contribution in [-0.2, 0) is 9.84 Å². The Bertz CT molecular complexity index is 596. The van der Waals surface area contributed by atoms with Crippen LogP contribution in [0.5, 0.6) is 5.75 Å². The van der Waals surface area contributed by atoms with Crippen molar-refractivity contribution in [2.75, 3.05) is 12.4 Å². The molecule has 0 aromatic heterocycles. The van der Waals surface area contributed by atoms with Crippen molar-refractivity contribution in [3.63, 3.8) is 0 Å². The molecule has 0 bridgehead atoms. The molecule has 2 aliphatic rings. The molecule has 1 N–H and O–H groups in total. The summed E-state index contributed by atoms with van der Waals surface area (Å²) in [5.74, 6) is 1.27. The number of benzene rings is 1. The van der Waals surface area contributed by atoms with Gasteiger partial charge in [0, 0.05) is 0 Å². The van der Waals surface area contributed by atoms with E-state index in [1.165, 1.54) is 0 Å². The Balaban J connectivity index is 1.75. The number of aliphatic hydroxyl groups is 1. The van der Waals surface area contributed by atoms with E-state index >= 15 is 0 Å². The van der Waals surface area contributed by atoms with E-state index in [9.17, 15) is 13.5 Å². The number of ether oxygens (including phenoxy) is 1. The predicted molar refractivity (Wildman–Crippen MR) is 81.3 cm³/mol. The largest absolute Gasteiger partial charge is 0.493 e. The molecule has 1 aromatic rings. The average Bonchev–Trinajstić information content (AvgIpc) is 2.47. The normalized spacial score (nSPS) is 29.2. The Morgan fingerprint density at radius 2 is 2.05 bits per heavy atom. The first-order chi connectivity index (χ1) is 10.1. The van der Waals surface area contributed by atoms with E-state index in [1.54, 1.807) is 0 Å². The highest BCUT2D eigenvalue weighted by Gasteiger charge is 2.36. The standard InChI is InChI=1S/C16H22O4S/c17-14(16-7-3-4-10-21(16,18)19)11-12-8-9-20-15-6-2-1-5-13(12)15/h1-2,5-6,12,14,16-17H,3-4,7-11H2. The third-order valence-electron chi connectivity index (χ3n) is 4.67. The summed E-state index contributed by atoms with van der Waals surface area (Å²) >= 11 is 0.